The standard InChI is InChI=1S/C10H16N2O2S/c11-4-1-5-15-8-6-9(13)12(10(8)14)7-2-3-7/h7-8H,1-6,11H2. The number of thioether (sulfide) groups is 1. The Morgan fingerprint density at radius 1 is 1.40 bits per heavy atom. The fourth-order valence-corrected chi connectivity index (χ4v) is 2.91. The Balaban J connectivity index is 1.87. The van der Waals surface area contributed by atoms with Crippen LogP contribution in [0.2, 0.25) is 0 Å². The first-order chi connectivity index (χ1) is 7.24. The molecule has 1 heterocycles. The maximum Gasteiger partial charge on any atom is 0.243 e. The van der Waals surface area contributed by atoms with E-state index in [2.05, 4.69) is 0 Å². The Bertz CT molecular complexity index is 279. The van der Waals surface area contributed by atoms with E-state index in [1.165, 1.54) is 4.90 Å². The van der Waals surface area contributed by atoms with Crippen LogP contribution >= 0.6 is 11.8 Å². The third-order valence-electron chi connectivity index (χ3n) is 2.72. The first kappa shape index (κ1) is 11.0. The van der Waals surface area contributed by atoms with Crippen LogP contribution in [-0.2, 0) is 9.59 Å². The van der Waals surface area contributed by atoms with Crippen molar-refractivity contribution in [1.82, 2.24) is 4.90 Å². The molecule has 2 rings (SSSR count). The molecule has 2 fully saturated rings. The number of nitrogens with zero attached hydrogens (tertiary/aromatic N) is 1. The van der Waals surface area contributed by atoms with Crippen molar-refractivity contribution in [2.45, 2.75) is 37.0 Å². The number of imide groups is 1. The molecule has 15 heavy (non-hydrogen) atoms. The van der Waals surface area contributed by atoms with E-state index in [-0.39, 0.29) is 23.1 Å². The van der Waals surface area contributed by atoms with Crippen LogP contribution in [0.1, 0.15) is 25.7 Å². The molecular formula is C10H16N2O2S. The normalized spacial score (nSPS) is 26.5. The maximum absolute atomic E-state index is 11.8. The Kier molecular flexibility index (Phi) is 3.31. The lowest BCUT2D eigenvalue weighted by atomic mass is 10.4. The molecule has 2 aliphatic rings. The van der Waals surface area contributed by atoms with Gasteiger partial charge >= 0.3 is 0 Å². The molecule has 0 aromatic rings. The maximum atomic E-state index is 11.8. The van der Waals surface area contributed by atoms with Crippen molar-refractivity contribution in [2.24, 2.45) is 5.73 Å². The number of hydrogen-bond donors (Lipinski definition) is 1. The van der Waals surface area contributed by atoms with Crippen LogP contribution < -0.4 is 5.73 Å². The van der Waals surface area contributed by atoms with Crippen LogP contribution in [0, 0.1) is 0 Å². The van der Waals surface area contributed by atoms with Gasteiger partial charge in [0, 0.05) is 12.5 Å². The van der Waals surface area contributed by atoms with E-state index < -0.39 is 0 Å². The van der Waals surface area contributed by atoms with Crippen molar-refractivity contribution in [1.29, 1.82) is 0 Å². The summed E-state index contributed by atoms with van der Waals surface area (Å²) in [6, 6.07) is 0.227. The van der Waals surface area contributed by atoms with Gasteiger partial charge in [-0.1, -0.05) is 0 Å². The molecule has 84 valence electrons. The van der Waals surface area contributed by atoms with Crippen molar-refractivity contribution >= 4 is 23.6 Å². The van der Waals surface area contributed by atoms with Crippen molar-refractivity contribution in [3.8, 4) is 0 Å². The summed E-state index contributed by atoms with van der Waals surface area (Å²) in [7, 11) is 0. The largest absolute Gasteiger partial charge is 0.330 e. The predicted octanol–water partition coefficient (Wildman–Crippen LogP) is 0.358. The molecule has 1 saturated carbocycles. The lowest BCUT2D eigenvalue weighted by molar-refractivity contribution is -0.138. The average Bonchev–Trinajstić information content (AvgIpc) is 2.97. The monoisotopic (exact) mass is 228 g/mol. The van der Waals surface area contributed by atoms with Gasteiger partial charge in [-0.15, -0.1) is 11.8 Å². The highest BCUT2D eigenvalue weighted by Gasteiger charge is 2.45. The Morgan fingerprint density at radius 3 is 2.73 bits per heavy atom. The van der Waals surface area contributed by atoms with Gasteiger partial charge in [0.05, 0.1) is 5.25 Å². The third-order valence-corrected chi connectivity index (χ3v) is 4.02. The summed E-state index contributed by atoms with van der Waals surface area (Å²) in [5, 5.41) is -0.135. The second kappa shape index (κ2) is 4.53. The number of nitrogens with two attached hydrogens (primary N) is 1. The highest BCUT2D eigenvalue weighted by atomic mass is 32.2. The van der Waals surface area contributed by atoms with Gasteiger partial charge in [0.15, 0.2) is 0 Å². The van der Waals surface area contributed by atoms with Crippen LogP contribution in [-0.4, -0.2) is 40.3 Å². The van der Waals surface area contributed by atoms with E-state index in [9.17, 15) is 9.59 Å². The summed E-state index contributed by atoms with van der Waals surface area (Å²) in [5.74, 6) is 0.927. The second-order valence-electron chi connectivity index (χ2n) is 4.04. The molecule has 1 unspecified atom stereocenters. The van der Waals surface area contributed by atoms with Gasteiger partial charge in [0.25, 0.3) is 0 Å². The average molecular weight is 228 g/mol. The molecule has 0 bridgehead atoms. The zero-order valence-corrected chi connectivity index (χ0v) is 9.46. The Labute approximate surface area is 93.6 Å². The molecule has 2 N–H and O–H groups in total. The summed E-state index contributed by atoms with van der Waals surface area (Å²) < 4.78 is 0. The summed E-state index contributed by atoms with van der Waals surface area (Å²) in [6.07, 6.45) is 3.30. The zero-order valence-electron chi connectivity index (χ0n) is 8.65. The van der Waals surface area contributed by atoms with Gasteiger partial charge in [-0.05, 0) is 31.6 Å². The number of likely N-dealkylation sites (tertiary alicyclic amines) is 1. The van der Waals surface area contributed by atoms with Gasteiger partial charge in [-0.2, -0.15) is 0 Å². The van der Waals surface area contributed by atoms with Crippen molar-refractivity contribution in [2.75, 3.05) is 12.3 Å². The van der Waals surface area contributed by atoms with Crippen molar-refractivity contribution in [3.05, 3.63) is 0 Å². The van der Waals surface area contributed by atoms with Gasteiger partial charge in [-0.25, -0.2) is 0 Å². The second-order valence-corrected chi connectivity index (χ2v) is 5.35. The van der Waals surface area contributed by atoms with Crippen LogP contribution in [0.5, 0.6) is 0 Å². The Hall–Kier alpha value is -0.550. The quantitative estimate of drug-likeness (QED) is 0.545. The smallest absolute Gasteiger partial charge is 0.243 e. The summed E-state index contributed by atoms with van der Waals surface area (Å²) >= 11 is 1.58. The predicted molar refractivity (Wildman–Crippen MR) is 59.4 cm³/mol. The molecule has 0 spiro atoms. The minimum absolute atomic E-state index is 0.0211. The molecule has 0 aromatic carbocycles. The molecule has 1 aliphatic heterocycles. The minimum atomic E-state index is -0.135. The lowest BCUT2D eigenvalue weighted by Crippen LogP contribution is -2.33. The first-order valence-electron chi connectivity index (χ1n) is 5.41. The number of carbonyl (C=O) groups excluding carboxylic acids is 2. The molecule has 1 saturated heterocycles. The molecule has 5 heteroatoms. The van der Waals surface area contributed by atoms with Gasteiger partial charge < -0.3 is 5.73 Å². The summed E-state index contributed by atoms with van der Waals surface area (Å²) in [5.41, 5.74) is 5.39. The van der Waals surface area contributed by atoms with Gasteiger partial charge in [0.1, 0.15) is 0 Å². The molecule has 1 aliphatic carbocycles. The van der Waals surface area contributed by atoms with Crippen LogP contribution in [0.3, 0.4) is 0 Å². The van der Waals surface area contributed by atoms with E-state index >= 15 is 0 Å². The lowest BCUT2D eigenvalue weighted by Gasteiger charge is -2.13. The fourth-order valence-electron chi connectivity index (χ4n) is 1.78. The van der Waals surface area contributed by atoms with Gasteiger partial charge in [-0.3, -0.25) is 14.5 Å². The number of rotatable bonds is 5. The summed E-state index contributed by atoms with van der Waals surface area (Å²) in [6.45, 7) is 0.647. The van der Waals surface area contributed by atoms with E-state index in [0.717, 1.165) is 25.0 Å². The van der Waals surface area contributed by atoms with Gasteiger partial charge in [0.2, 0.25) is 11.8 Å². The van der Waals surface area contributed by atoms with Crippen LogP contribution in [0.25, 0.3) is 0 Å². The van der Waals surface area contributed by atoms with E-state index in [4.69, 9.17) is 5.73 Å². The fraction of sp³-hybridized carbons (Fsp3) is 0.800. The molecule has 0 radical (unpaired) electrons. The van der Waals surface area contributed by atoms with E-state index in [1.54, 1.807) is 11.8 Å². The minimum Gasteiger partial charge on any atom is -0.330 e. The Morgan fingerprint density at radius 2 is 2.13 bits per heavy atom. The number of carbonyl (C=O) groups is 2. The molecule has 0 aromatic heterocycles. The highest BCUT2D eigenvalue weighted by Crippen LogP contribution is 2.35. The SMILES string of the molecule is NCCCSC1CC(=O)N(C2CC2)C1=O. The molecule has 2 amide bonds. The van der Waals surface area contributed by atoms with E-state index in [1.807, 2.05) is 0 Å². The highest BCUT2D eigenvalue weighted by molar-refractivity contribution is 8.00. The zero-order chi connectivity index (χ0) is 10.8. The van der Waals surface area contributed by atoms with Crippen molar-refractivity contribution in [3.63, 3.8) is 0 Å². The number of amides is 2. The molecular weight excluding hydrogens is 212 g/mol. The summed E-state index contributed by atoms with van der Waals surface area (Å²) in [4.78, 5) is 24.9. The van der Waals surface area contributed by atoms with Crippen LogP contribution in [0.15, 0.2) is 0 Å². The first-order valence-corrected chi connectivity index (χ1v) is 6.46. The third kappa shape index (κ3) is 2.34. The van der Waals surface area contributed by atoms with E-state index in [0.29, 0.717) is 13.0 Å². The topological polar surface area (TPSA) is 63.4 Å². The molecule has 1 atom stereocenters. The van der Waals surface area contributed by atoms with Crippen molar-refractivity contribution < 1.29 is 9.59 Å². The number of hydrogen-bond acceptors (Lipinski definition) is 4. The van der Waals surface area contributed by atoms with Crippen LogP contribution in [0.4, 0.5) is 0 Å². The molecule has 4 nitrogen and oxygen atoms in total.